The van der Waals surface area contributed by atoms with Crippen molar-refractivity contribution in [2.75, 3.05) is 39.2 Å². The van der Waals surface area contributed by atoms with E-state index in [-0.39, 0.29) is 25.1 Å². The zero-order valence-electron chi connectivity index (χ0n) is 16.2. The van der Waals surface area contributed by atoms with Crippen LogP contribution in [0.1, 0.15) is 39.0 Å². The number of ether oxygens (including phenoxy) is 2. The Hall–Kier alpha value is -1.79. The molecule has 6 heteroatoms. The Morgan fingerprint density at radius 3 is 2.35 bits per heavy atom. The molecule has 0 aliphatic heterocycles. The summed E-state index contributed by atoms with van der Waals surface area (Å²) in [4.78, 5) is 14.7. The number of methoxy groups -OCH3 is 2. The minimum atomic E-state index is -0.101. The largest absolute Gasteiger partial charge is 0.497 e. The minimum Gasteiger partial charge on any atom is -0.497 e. The summed E-state index contributed by atoms with van der Waals surface area (Å²) < 4.78 is 10.5. The highest BCUT2D eigenvalue weighted by atomic mass is 16.5. The summed E-state index contributed by atoms with van der Waals surface area (Å²) in [5, 5.41) is 12.3. The molecule has 1 fully saturated rings. The van der Waals surface area contributed by atoms with Gasteiger partial charge in [0.2, 0.25) is 5.91 Å². The second-order valence-corrected chi connectivity index (χ2v) is 6.98. The van der Waals surface area contributed by atoms with Crippen LogP contribution in [0.5, 0.6) is 11.5 Å². The van der Waals surface area contributed by atoms with Gasteiger partial charge in [-0.3, -0.25) is 9.69 Å². The fourth-order valence-electron chi connectivity index (χ4n) is 3.73. The number of carbonyl (C=O) groups is 1. The maximum absolute atomic E-state index is 12.6. The number of nitrogens with zero attached hydrogens (tertiary/aromatic N) is 1. The molecule has 1 aliphatic carbocycles. The highest BCUT2D eigenvalue weighted by Crippen LogP contribution is 2.29. The summed E-state index contributed by atoms with van der Waals surface area (Å²) in [5.41, 5.74) is 0.639. The topological polar surface area (TPSA) is 71.0 Å². The first kappa shape index (κ1) is 20.5. The number of nitrogens with one attached hydrogen (secondary N) is 1. The van der Waals surface area contributed by atoms with Crippen LogP contribution in [0.15, 0.2) is 18.2 Å². The van der Waals surface area contributed by atoms with Crippen LogP contribution in [0, 0.1) is 5.92 Å². The van der Waals surface area contributed by atoms with E-state index in [0.717, 1.165) is 0 Å². The Labute approximate surface area is 156 Å². The third-order valence-electron chi connectivity index (χ3n) is 5.28. The van der Waals surface area contributed by atoms with Crippen molar-refractivity contribution < 1.29 is 19.4 Å². The Morgan fingerprint density at radius 1 is 1.19 bits per heavy atom. The molecule has 1 aromatic rings. The summed E-state index contributed by atoms with van der Waals surface area (Å²) in [7, 11) is 3.16. The van der Waals surface area contributed by atoms with Gasteiger partial charge in [-0.05, 0) is 25.7 Å². The molecule has 1 amide bonds. The van der Waals surface area contributed by atoms with E-state index in [1.54, 1.807) is 32.4 Å². The van der Waals surface area contributed by atoms with Gasteiger partial charge in [-0.25, -0.2) is 0 Å². The number of aliphatic hydroxyl groups is 1. The number of rotatable bonds is 9. The van der Waals surface area contributed by atoms with Crippen molar-refractivity contribution in [1.82, 2.24) is 4.90 Å². The van der Waals surface area contributed by atoms with Gasteiger partial charge in [-0.15, -0.1) is 0 Å². The lowest BCUT2D eigenvalue weighted by molar-refractivity contribution is -0.118. The lowest BCUT2D eigenvalue weighted by Crippen LogP contribution is -2.45. The fraction of sp³-hybridized carbons (Fsp3) is 0.650. The number of anilines is 1. The van der Waals surface area contributed by atoms with Gasteiger partial charge in [0.1, 0.15) is 11.5 Å². The van der Waals surface area contributed by atoms with Crippen LogP contribution in [0.2, 0.25) is 0 Å². The molecule has 0 radical (unpaired) electrons. The molecule has 6 nitrogen and oxygen atoms in total. The third kappa shape index (κ3) is 5.88. The van der Waals surface area contributed by atoms with Crippen LogP contribution in [-0.2, 0) is 4.79 Å². The zero-order valence-corrected chi connectivity index (χ0v) is 16.2. The zero-order chi connectivity index (χ0) is 18.9. The molecule has 1 saturated carbocycles. The summed E-state index contributed by atoms with van der Waals surface area (Å²) >= 11 is 0. The highest BCUT2D eigenvalue weighted by molar-refractivity contribution is 5.92. The molecule has 1 atom stereocenters. The monoisotopic (exact) mass is 364 g/mol. The second-order valence-electron chi connectivity index (χ2n) is 6.98. The first-order valence-corrected chi connectivity index (χ1v) is 9.45. The lowest BCUT2D eigenvalue weighted by atomic mass is 9.84. The summed E-state index contributed by atoms with van der Waals surface area (Å²) in [6.07, 6.45) is 6.24. The fourth-order valence-corrected chi connectivity index (χ4v) is 3.73. The van der Waals surface area contributed by atoms with Crippen molar-refractivity contribution in [2.45, 2.75) is 45.1 Å². The van der Waals surface area contributed by atoms with Gasteiger partial charge in [-0.1, -0.05) is 19.3 Å². The van der Waals surface area contributed by atoms with E-state index in [2.05, 4.69) is 17.1 Å². The van der Waals surface area contributed by atoms with E-state index in [1.807, 2.05) is 0 Å². The van der Waals surface area contributed by atoms with Gasteiger partial charge < -0.3 is 19.9 Å². The van der Waals surface area contributed by atoms with E-state index in [9.17, 15) is 9.90 Å². The van der Waals surface area contributed by atoms with Gasteiger partial charge in [0, 0.05) is 36.5 Å². The number of hydrogen-bond donors (Lipinski definition) is 2. The van der Waals surface area contributed by atoms with E-state index >= 15 is 0 Å². The SMILES string of the molecule is COc1cc(NC(=O)CN(CCO)[C@@H](C)C2CCCCC2)cc(OC)c1. The molecular weight excluding hydrogens is 332 g/mol. The van der Waals surface area contributed by atoms with E-state index in [0.29, 0.717) is 29.6 Å². The normalized spacial score (nSPS) is 16.3. The maximum Gasteiger partial charge on any atom is 0.238 e. The molecule has 0 aromatic heterocycles. The molecule has 2 rings (SSSR count). The molecule has 26 heavy (non-hydrogen) atoms. The van der Waals surface area contributed by atoms with Crippen LogP contribution in [0.25, 0.3) is 0 Å². The quantitative estimate of drug-likeness (QED) is 0.705. The number of benzene rings is 1. The van der Waals surface area contributed by atoms with Crippen molar-refractivity contribution in [2.24, 2.45) is 5.92 Å². The van der Waals surface area contributed by atoms with Crippen LogP contribution < -0.4 is 14.8 Å². The number of carbonyl (C=O) groups excluding carboxylic acids is 1. The molecule has 0 unspecified atom stereocenters. The second kappa shape index (κ2) is 10.4. The molecule has 0 heterocycles. The van der Waals surface area contributed by atoms with Gasteiger partial charge in [0.15, 0.2) is 0 Å². The van der Waals surface area contributed by atoms with Crippen LogP contribution in [0.4, 0.5) is 5.69 Å². The standard InChI is InChI=1S/C20H32N2O4/c1-15(16-7-5-4-6-8-16)22(9-10-23)14-20(24)21-17-11-18(25-2)13-19(12-17)26-3/h11-13,15-16,23H,4-10,14H2,1-3H3,(H,21,24)/t15-/m0/s1. The van der Waals surface area contributed by atoms with Crippen LogP contribution >= 0.6 is 0 Å². The molecule has 0 bridgehead atoms. The maximum atomic E-state index is 12.6. The van der Waals surface area contributed by atoms with Crippen molar-refractivity contribution in [3.05, 3.63) is 18.2 Å². The number of aliphatic hydroxyl groups excluding tert-OH is 1. The summed E-state index contributed by atoms with van der Waals surface area (Å²) in [5.74, 6) is 1.75. The molecule has 0 spiro atoms. The molecular formula is C20H32N2O4. The minimum absolute atomic E-state index is 0.0529. The molecule has 2 N–H and O–H groups in total. The van der Waals surface area contributed by atoms with Gasteiger partial charge in [0.25, 0.3) is 0 Å². The first-order valence-electron chi connectivity index (χ1n) is 9.45. The molecule has 146 valence electrons. The number of hydrogen-bond acceptors (Lipinski definition) is 5. The van der Waals surface area contributed by atoms with Crippen molar-refractivity contribution in [3.8, 4) is 11.5 Å². The molecule has 1 aliphatic rings. The lowest BCUT2D eigenvalue weighted by Gasteiger charge is -2.36. The van der Waals surface area contributed by atoms with E-state index in [1.165, 1.54) is 32.1 Å². The van der Waals surface area contributed by atoms with Gasteiger partial charge in [-0.2, -0.15) is 0 Å². The third-order valence-corrected chi connectivity index (χ3v) is 5.28. The average Bonchev–Trinajstić information content (AvgIpc) is 2.67. The molecule has 0 saturated heterocycles. The van der Waals surface area contributed by atoms with Crippen molar-refractivity contribution in [1.29, 1.82) is 0 Å². The number of amides is 1. The Kier molecular flexibility index (Phi) is 8.19. The predicted octanol–water partition coefficient (Wildman–Crippen LogP) is 2.91. The first-order chi connectivity index (χ1) is 12.6. The van der Waals surface area contributed by atoms with Crippen molar-refractivity contribution >= 4 is 11.6 Å². The molecule has 1 aromatic carbocycles. The van der Waals surface area contributed by atoms with Gasteiger partial charge >= 0.3 is 0 Å². The van der Waals surface area contributed by atoms with E-state index in [4.69, 9.17) is 9.47 Å². The Morgan fingerprint density at radius 2 is 1.81 bits per heavy atom. The predicted molar refractivity (Wildman–Crippen MR) is 103 cm³/mol. The van der Waals surface area contributed by atoms with Crippen molar-refractivity contribution in [3.63, 3.8) is 0 Å². The Bertz CT molecular complexity index is 551. The Balaban J connectivity index is 2.00. The van der Waals surface area contributed by atoms with Crippen LogP contribution in [0.3, 0.4) is 0 Å². The van der Waals surface area contributed by atoms with E-state index < -0.39 is 0 Å². The summed E-state index contributed by atoms with van der Waals surface area (Å²) in [6, 6.07) is 5.58. The smallest absolute Gasteiger partial charge is 0.238 e. The highest BCUT2D eigenvalue weighted by Gasteiger charge is 2.26. The van der Waals surface area contributed by atoms with Gasteiger partial charge in [0.05, 0.1) is 27.4 Å². The average molecular weight is 364 g/mol. The van der Waals surface area contributed by atoms with Crippen LogP contribution in [-0.4, -0.2) is 55.9 Å². The summed E-state index contributed by atoms with van der Waals surface area (Å²) in [6.45, 7) is 3.00.